The molecule has 0 amide bonds. The topological polar surface area (TPSA) is 12.0 Å². The Morgan fingerprint density at radius 1 is 1.29 bits per heavy atom. The Bertz CT molecular complexity index is 588. The molecule has 1 aromatic carbocycles. The van der Waals surface area contributed by atoms with E-state index < -0.39 is 0 Å². The smallest absolute Gasteiger partial charge is 0.123 e. The Labute approximate surface area is 138 Å². The monoisotopic (exact) mass is 369 g/mol. The van der Waals surface area contributed by atoms with E-state index in [1.54, 1.807) is 23.5 Å². The molecule has 0 bridgehead atoms. The normalized spacial score (nSPS) is 13.4. The average molecular weight is 370 g/mol. The molecule has 1 N–H and O–H groups in total. The lowest BCUT2D eigenvalue weighted by Gasteiger charge is -2.25. The fourth-order valence-corrected chi connectivity index (χ4v) is 3.79. The first-order valence-corrected chi connectivity index (χ1v) is 8.75. The predicted octanol–water partition coefficient (Wildman–Crippen LogP) is 5.36. The minimum atomic E-state index is -0.168. The third-order valence-corrected chi connectivity index (χ3v) is 5.27. The van der Waals surface area contributed by atoms with Gasteiger partial charge in [-0.2, -0.15) is 0 Å². The zero-order chi connectivity index (χ0) is 15.5. The van der Waals surface area contributed by atoms with Crippen molar-refractivity contribution in [2.45, 2.75) is 38.6 Å². The van der Waals surface area contributed by atoms with Gasteiger partial charge in [-0.15, -0.1) is 11.3 Å². The summed E-state index contributed by atoms with van der Waals surface area (Å²) in [5.41, 5.74) is 1.10. The molecule has 114 valence electrons. The maximum atomic E-state index is 13.5. The molecule has 21 heavy (non-hydrogen) atoms. The second-order valence-electron chi connectivity index (χ2n) is 6.28. The van der Waals surface area contributed by atoms with Crippen molar-refractivity contribution in [2.75, 3.05) is 6.54 Å². The molecule has 0 aliphatic carbocycles. The zero-order valence-corrected chi connectivity index (χ0v) is 15.0. The Morgan fingerprint density at radius 3 is 2.62 bits per heavy atom. The van der Waals surface area contributed by atoms with Crippen LogP contribution >= 0.6 is 27.3 Å². The molecular weight excluding hydrogens is 349 g/mol. The Morgan fingerprint density at radius 2 is 2.05 bits per heavy atom. The third-order valence-electron chi connectivity index (χ3n) is 3.32. The Hall–Kier alpha value is -0.710. The van der Waals surface area contributed by atoms with Gasteiger partial charge in [0.05, 0.1) is 0 Å². The highest BCUT2D eigenvalue weighted by atomic mass is 79.9. The van der Waals surface area contributed by atoms with Gasteiger partial charge in [-0.1, -0.05) is 12.1 Å². The van der Waals surface area contributed by atoms with Gasteiger partial charge in [-0.05, 0) is 72.3 Å². The van der Waals surface area contributed by atoms with E-state index >= 15 is 0 Å². The number of halogens is 2. The summed E-state index contributed by atoms with van der Waals surface area (Å²) in [6.07, 6.45) is 0.908. The highest BCUT2D eigenvalue weighted by Crippen LogP contribution is 2.29. The molecule has 2 rings (SSSR count). The van der Waals surface area contributed by atoms with Crippen LogP contribution in [0.15, 0.2) is 40.2 Å². The van der Waals surface area contributed by atoms with Gasteiger partial charge in [-0.25, -0.2) is 4.39 Å². The van der Waals surface area contributed by atoms with Crippen molar-refractivity contribution in [3.8, 4) is 0 Å². The van der Waals surface area contributed by atoms with Crippen LogP contribution in [0.25, 0.3) is 0 Å². The fraction of sp³-hybridized carbons (Fsp3) is 0.412. The van der Waals surface area contributed by atoms with Crippen LogP contribution in [-0.4, -0.2) is 12.1 Å². The second-order valence-corrected chi connectivity index (χ2v) is 8.13. The highest BCUT2D eigenvalue weighted by Gasteiger charge is 2.18. The largest absolute Gasteiger partial charge is 0.311 e. The van der Waals surface area contributed by atoms with Crippen molar-refractivity contribution in [1.29, 1.82) is 0 Å². The van der Waals surface area contributed by atoms with Crippen molar-refractivity contribution in [3.05, 3.63) is 56.4 Å². The van der Waals surface area contributed by atoms with Gasteiger partial charge >= 0.3 is 0 Å². The van der Waals surface area contributed by atoms with E-state index in [1.165, 1.54) is 10.9 Å². The molecule has 1 unspecified atom stereocenters. The first-order chi connectivity index (χ1) is 9.85. The summed E-state index contributed by atoms with van der Waals surface area (Å²) in [5, 5.41) is 5.62. The summed E-state index contributed by atoms with van der Waals surface area (Å²) in [6, 6.07) is 9.02. The van der Waals surface area contributed by atoms with Crippen LogP contribution in [0.2, 0.25) is 0 Å². The quantitative estimate of drug-likeness (QED) is 0.747. The molecule has 0 aliphatic rings. The molecule has 0 radical (unpaired) electrons. The molecular formula is C17H21BrFNS. The molecule has 0 saturated carbocycles. The second kappa shape index (κ2) is 7.03. The van der Waals surface area contributed by atoms with E-state index in [1.807, 2.05) is 6.07 Å². The lowest BCUT2D eigenvalue weighted by molar-refractivity contribution is 0.405. The van der Waals surface area contributed by atoms with E-state index in [-0.39, 0.29) is 17.3 Å². The van der Waals surface area contributed by atoms with Gasteiger partial charge in [0.25, 0.3) is 0 Å². The van der Waals surface area contributed by atoms with Crippen LogP contribution in [0.3, 0.4) is 0 Å². The van der Waals surface area contributed by atoms with Crippen LogP contribution in [0.1, 0.15) is 37.1 Å². The Balaban J connectivity index is 2.19. The predicted molar refractivity (Wildman–Crippen MR) is 92.6 cm³/mol. The maximum absolute atomic E-state index is 13.5. The van der Waals surface area contributed by atoms with Crippen LogP contribution in [-0.2, 0) is 6.42 Å². The fourth-order valence-electron chi connectivity index (χ4n) is 2.19. The number of hydrogen-bond acceptors (Lipinski definition) is 2. The van der Waals surface area contributed by atoms with Gasteiger partial charge in [0.1, 0.15) is 5.82 Å². The van der Waals surface area contributed by atoms with Crippen molar-refractivity contribution < 1.29 is 4.39 Å². The van der Waals surface area contributed by atoms with Crippen molar-refractivity contribution in [1.82, 2.24) is 5.32 Å². The van der Waals surface area contributed by atoms with Crippen molar-refractivity contribution in [2.24, 2.45) is 0 Å². The van der Waals surface area contributed by atoms with E-state index in [0.29, 0.717) is 0 Å². The molecule has 1 nitrogen and oxygen atoms in total. The molecule has 0 fully saturated rings. The van der Waals surface area contributed by atoms with E-state index in [4.69, 9.17) is 0 Å². The number of thiophene rings is 1. The molecule has 1 heterocycles. The minimum Gasteiger partial charge on any atom is -0.311 e. The van der Waals surface area contributed by atoms with E-state index in [9.17, 15) is 4.39 Å². The summed E-state index contributed by atoms with van der Waals surface area (Å²) < 4.78 is 14.7. The summed E-state index contributed by atoms with van der Waals surface area (Å²) in [5.74, 6) is 0.0911. The molecule has 0 saturated heterocycles. The molecule has 1 aromatic heterocycles. The van der Waals surface area contributed by atoms with Gasteiger partial charge in [0.2, 0.25) is 0 Å². The van der Waals surface area contributed by atoms with Crippen LogP contribution in [0.5, 0.6) is 0 Å². The first kappa shape index (κ1) is 16.7. The van der Waals surface area contributed by atoms with Gasteiger partial charge in [-0.3, -0.25) is 0 Å². The average Bonchev–Trinajstić information content (AvgIpc) is 2.79. The molecule has 2 aromatic rings. The SMILES string of the molecule is CC(C)(C)NCC(Cc1sccc1Br)c1cccc(F)c1. The number of benzene rings is 1. The zero-order valence-electron chi connectivity index (χ0n) is 12.6. The van der Waals surface area contributed by atoms with Crippen molar-refractivity contribution in [3.63, 3.8) is 0 Å². The lowest BCUT2D eigenvalue weighted by atomic mass is 9.93. The van der Waals surface area contributed by atoms with Gasteiger partial charge < -0.3 is 5.32 Å². The summed E-state index contributed by atoms with van der Waals surface area (Å²) >= 11 is 5.33. The third kappa shape index (κ3) is 5.20. The lowest BCUT2D eigenvalue weighted by Crippen LogP contribution is -2.39. The van der Waals surface area contributed by atoms with Crippen LogP contribution < -0.4 is 5.32 Å². The summed E-state index contributed by atoms with van der Waals surface area (Å²) in [7, 11) is 0. The molecule has 4 heteroatoms. The van der Waals surface area contributed by atoms with Crippen molar-refractivity contribution >= 4 is 27.3 Å². The first-order valence-electron chi connectivity index (χ1n) is 7.07. The van der Waals surface area contributed by atoms with Gasteiger partial charge in [0.15, 0.2) is 0 Å². The van der Waals surface area contributed by atoms with Crippen LogP contribution in [0.4, 0.5) is 4.39 Å². The molecule has 0 aliphatic heterocycles. The van der Waals surface area contributed by atoms with Crippen LogP contribution in [0, 0.1) is 5.82 Å². The number of nitrogens with one attached hydrogen (secondary N) is 1. The highest BCUT2D eigenvalue weighted by molar-refractivity contribution is 9.10. The standard InChI is InChI=1S/C17H21BrFNS/c1-17(2,3)20-11-13(10-16-15(18)7-8-21-16)12-5-4-6-14(19)9-12/h4-9,13,20H,10-11H2,1-3H3. The van der Waals surface area contributed by atoms with E-state index in [0.717, 1.165) is 23.0 Å². The van der Waals surface area contributed by atoms with E-state index in [2.05, 4.69) is 53.5 Å². The molecule has 0 spiro atoms. The number of hydrogen-bond donors (Lipinski definition) is 1. The minimum absolute atomic E-state index is 0.0538. The Kier molecular flexibility index (Phi) is 5.58. The summed E-state index contributed by atoms with van der Waals surface area (Å²) in [6.45, 7) is 7.28. The van der Waals surface area contributed by atoms with Gasteiger partial charge in [0, 0.05) is 27.4 Å². The maximum Gasteiger partial charge on any atom is 0.123 e. The molecule has 1 atom stereocenters. The summed E-state index contributed by atoms with van der Waals surface area (Å²) in [4.78, 5) is 1.31. The number of rotatable bonds is 5.